The van der Waals surface area contributed by atoms with Crippen molar-refractivity contribution in [3.63, 3.8) is 0 Å². The van der Waals surface area contributed by atoms with Crippen LogP contribution in [0.1, 0.15) is 23.6 Å². The lowest BCUT2D eigenvalue weighted by Crippen LogP contribution is -2.09. The first kappa shape index (κ1) is 8.36. The maximum Gasteiger partial charge on any atom is 0.0955 e. The molecule has 0 saturated heterocycles. The van der Waals surface area contributed by atoms with Gasteiger partial charge in [-0.3, -0.25) is 5.01 Å². The maximum absolute atomic E-state index is 4.60. The van der Waals surface area contributed by atoms with Crippen molar-refractivity contribution in [3.05, 3.63) is 35.4 Å². The van der Waals surface area contributed by atoms with Crippen LogP contribution < -0.4 is 0 Å². The smallest absolute Gasteiger partial charge is 0.0955 e. The molecular weight excluding hydrogens is 192 g/mol. The second kappa shape index (κ2) is 3.02. The Kier molecular flexibility index (Phi) is 1.80. The van der Waals surface area contributed by atoms with E-state index in [0.717, 1.165) is 13.0 Å². The van der Waals surface area contributed by atoms with Gasteiger partial charge in [-0.2, -0.15) is 5.10 Å². The molecular formula is C11H12N2S. The van der Waals surface area contributed by atoms with Crippen LogP contribution in [-0.2, 0) is 6.54 Å². The summed E-state index contributed by atoms with van der Waals surface area (Å²) in [6, 6.07) is 9.20. The molecule has 2 aliphatic rings. The van der Waals surface area contributed by atoms with Gasteiger partial charge in [0.1, 0.15) is 0 Å². The van der Waals surface area contributed by atoms with Gasteiger partial charge in [-0.15, -0.1) is 11.8 Å². The summed E-state index contributed by atoms with van der Waals surface area (Å²) in [6.45, 7) is 0.991. The van der Waals surface area contributed by atoms with Crippen molar-refractivity contribution >= 4 is 16.8 Å². The van der Waals surface area contributed by atoms with E-state index in [2.05, 4.69) is 40.6 Å². The third kappa shape index (κ3) is 1.08. The first-order valence-electron chi connectivity index (χ1n) is 4.84. The average Bonchev–Trinajstić information content (AvgIpc) is 2.73. The summed E-state index contributed by atoms with van der Waals surface area (Å²) in [4.78, 5) is 0. The molecule has 72 valence electrons. The summed E-state index contributed by atoms with van der Waals surface area (Å²) in [5, 5.41) is 8.08. The minimum atomic E-state index is 0.522. The van der Waals surface area contributed by atoms with Crippen molar-refractivity contribution in [1.82, 2.24) is 5.01 Å². The minimum Gasteiger partial charge on any atom is -0.284 e. The quantitative estimate of drug-likeness (QED) is 0.645. The van der Waals surface area contributed by atoms with Gasteiger partial charge in [0.05, 0.1) is 17.6 Å². The maximum atomic E-state index is 4.60. The van der Waals surface area contributed by atoms with Crippen LogP contribution in [0, 0.1) is 0 Å². The van der Waals surface area contributed by atoms with E-state index in [9.17, 15) is 0 Å². The Hall–Kier alpha value is -0.960. The fourth-order valence-corrected chi connectivity index (χ4v) is 2.75. The monoisotopic (exact) mass is 204 g/mol. The molecule has 1 atom stereocenters. The summed E-state index contributed by atoms with van der Waals surface area (Å²) >= 11 is 1.77. The van der Waals surface area contributed by atoms with E-state index in [4.69, 9.17) is 0 Å². The van der Waals surface area contributed by atoms with Crippen LogP contribution in [0.15, 0.2) is 29.4 Å². The van der Waals surface area contributed by atoms with Crippen molar-refractivity contribution in [2.24, 2.45) is 5.10 Å². The summed E-state index contributed by atoms with van der Waals surface area (Å²) in [7, 11) is 0. The van der Waals surface area contributed by atoms with E-state index in [-0.39, 0.29) is 0 Å². The highest BCUT2D eigenvalue weighted by Crippen LogP contribution is 2.41. The highest BCUT2D eigenvalue weighted by molar-refractivity contribution is 8.13. The molecule has 1 aromatic rings. The summed E-state index contributed by atoms with van der Waals surface area (Å²) in [6.07, 6.45) is 3.20. The Morgan fingerprint density at radius 3 is 3.14 bits per heavy atom. The zero-order valence-corrected chi connectivity index (χ0v) is 8.92. The highest BCUT2D eigenvalue weighted by atomic mass is 32.2. The van der Waals surface area contributed by atoms with Crippen molar-refractivity contribution in [2.75, 3.05) is 6.26 Å². The van der Waals surface area contributed by atoms with Gasteiger partial charge in [-0.05, 0) is 17.4 Å². The fourth-order valence-electron chi connectivity index (χ4n) is 2.24. The predicted molar refractivity (Wildman–Crippen MR) is 60.3 cm³/mol. The average molecular weight is 204 g/mol. The van der Waals surface area contributed by atoms with Crippen LogP contribution in [0.5, 0.6) is 0 Å². The van der Waals surface area contributed by atoms with Crippen molar-refractivity contribution in [3.8, 4) is 0 Å². The fraction of sp³-hybridized carbons (Fsp3) is 0.364. The summed E-state index contributed by atoms with van der Waals surface area (Å²) in [5.41, 5.74) is 2.92. The van der Waals surface area contributed by atoms with Gasteiger partial charge in [0, 0.05) is 6.42 Å². The molecule has 0 spiro atoms. The van der Waals surface area contributed by atoms with Gasteiger partial charge in [-0.25, -0.2) is 0 Å². The van der Waals surface area contributed by atoms with E-state index in [0.29, 0.717) is 6.04 Å². The lowest BCUT2D eigenvalue weighted by molar-refractivity contribution is 0.255. The van der Waals surface area contributed by atoms with E-state index in [1.54, 1.807) is 11.8 Å². The van der Waals surface area contributed by atoms with E-state index in [1.807, 2.05) is 0 Å². The molecule has 0 aliphatic carbocycles. The number of thioether (sulfide) groups is 1. The molecule has 0 N–H and O–H groups in total. The Balaban J connectivity index is 1.97. The standard InChI is InChI=1S/C11H12N2S/c1-14-11-6-10-9-5-3-2-4-8(9)7-13(10)12-11/h2-5,10H,6-7H2,1H3. The normalized spacial score (nSPS) is 23.4. The zero-order valence-electron chi connectivity index (χ0n) is 8.10. The topological polar surface area (TPSA) is 15.6 Å². The van der Waals surface area contributed by atoms with Crippen LogP contribution in [0.2, 0.25) is 0 Å². The Morgan fingerprint density at radius 2 is 2.29 bits per heavy atom. The molecule has 0 amide bonds. The van der Waals surface area contributed by atoms with Gasteiger partial charge in [0.25, 0.3) is 0 Å². The SMILES string of the molecule is CSC1=NN2Cc3ccccc3C2C1. The third-order valence-electron chi connectivity index (χ3n) is 2.95. The highest BCUT2D eigenvalue weighted by Gasteiger charge is 2.34. The lowest BCUT2D eigenvalue weighted by atomic mass is 10.0. The molecule has 0 bridgehead atoms. The van der Waals surface area contributed by atoms with Gasteiger partial charge < -0.3 is 0 Å². The molecule has 3 heteroatoms. The molecule has 2 aliphatic heterocycles. The van der Waals surface area contributed by atoms with Crippen LogP contribution in [-0.4, -0.2) is 16.3 Å². The number of benzene rings is 1. The van der Waals surface area contributed by atoms with Crippen LogP contribution >= 0.6 is 11.8 Å². The molecule has 1 aromatic carbocycles. The second-order valence-electron chi connectivity index (χ2n) is 3.71. The van der Waals surface area contributed by atoms with Gasteiger partial charge in [-0.1, -0.05) is 24.3 Å². The number of hydrazone groups is 1. The summed E-state index contributed by atoms with van der Waals surface area (Å²) < 4.78 is 0. The minimum absolute atomic E-state index is 0.522. The van der Waals surface area contributed by atoms with E-state index in [1.165, 1.54) is 16.2 Å². The first-order valence-corrected chi connectivity index (χ1v) is 6.07. The van der Waals surface area contributed by atoms with Crippen molar-refractivity contribution < 1.29 is 0 Å². The number of hydrogen-bond acceptors (Lipinski definition) is 3. The number of fused-ring (bicyclic) bond motifs is 3. The third-order valence-corrected chi connectivity index (χ3v) is 3.67. The number of hydrogen-bond donors (Lipinski definition) is 0. The van der Waals surface area contributed by atoms with Gasteiger partial charge in [0.2, 0.25) is 0 Å². The van der Waals surface area contributed by atoms with Gasteiger partial charge >= 0.3 is 0 Å². The second-order valence-corrected chi connectivity index (χ2v) is 4.59. The molecule has 1 unspecified atom stereocenters. The predicted octanol–water partition coefficient (Wildman–Crippen LogP) is 2.62. The molecule has 0 radical (unpaired) electrons. The Morgan fingerprint density at radius 1 is 1.43 bits per heavy atom. The van der Waals surface area contributed by atoms with E-state index < -0.39 is 0 Å². The molecule has 3 rings (SSSR count). The Bertz CT molecular complexity index is 400. The van der Waals surface area contributed by atoms with Crippen LogP contribution in [0.25, 0.3) is 0 Å². The largest absolute Gasteiger partial charge is 0.284 e. The molecule has 14 heavy (non-hydrogen) atoms. The summed E-state index contributed by atoms with van der Waals surface area (Å²) in [5.74, 6) is 0. The zero-order chi connectivity index (χ0) is 9.54. The number of nitrogens with zero attached hydrogens (tertiary/aromatic N) is 2. The molecule has 0 aromatic heterocycles. The Labute approximate surface area is 88.0 Å². The molecule has 2 heterocycles. The molecule has 2 nitrogen and oxygen atoms in total. The van der Waals surface area contributed by atoms with Gasteiger partial charge in [0.15, 0.2) is 0 Å². The van der Waals surface area contributed by atoms with E-state index >= 15 is 0 Å². The van der Waals surface area contributed by atoms with Crippen LogP contribution in [0.4, 0.5) is 0 Å². The number of rotatable bonds is 0. The van der Waals surface area contributed by atoms with Crippen molar-refractivity contribution in [2.45, 2.75) is 19.0 Å². The molecule has 0 fully saturated rings. The first-order chi connectivity index (χ1) is 6.88. The lowest BCUT2D eigenvalue weighted by Gasteiger charge is -2.12. The molecule has 0 saturated carbocycles. The van der Waals surface area contributed by atoms with Crippen molar-refractivity contribution in [1.29, 1.82) is 0 Å². The van der Waals surface area contributed by atoms with Crippen LogP contribution in [0.3, 0.4) is 0 Å².